The van der Waals surface area contributed by atoms with E-state index in [1.807, 2.05) is 18.2 Å². The van der Waals surface area contributed by atoms with Crippen LogP contribution in [0.2, 0.25) is 0 Å². The van der Waals surface area contributed by atoms with E-state index in [1.54, 1.807) is 18.2 Å². The zero-order valence-electron chi connectivity index (χ0n) is 9.70. The first-order valence-corrected chi connectivity index (χ1v) is 7.82. The maximum absolute atomic E-state index is 12.1. The van der Waals surface area contributed by atoms with Gasteiger partial charge in [-0.05, 0) is 40.2 Å². The van der Waals surface area contributed by atoms with Gasteiger partial charge in [0, 0.05) is 24.6 Å². The molecule has 1 nitrogen and oxygen atoms in total. The Hall–Kier alpha value is -0.920. The van der Waals surface area contributed by atoms with E-state index in [0.717, 1.165) is 24.6 Å². The summed E-state index contributed by atoms with van der Waals surface area (Å²) in [4.78, 5) is 0. The monoisotopic (exact) mass is 378 g/mol. The van der Waals surface area contributed by atoms with E-state index in [2.05, 4.69) is 15.9 Å². The SMILES string of the molecule is FC(F)(F)SOc1ccc2c(c1)sc1c(Br)cccc12. The quantitative estimate of drug-likeness (QED) is 0.479. The summed E-state index contributed by atoms with van der Waals surface area (Å²) in [6.07, 6.45) is 0. The summed E-state index contributed by atoms with van der Waals surface area (Å²) < 4.78 is 44.0. The molecule has 0 N–H and O–H groups in total. The number of rotatable bonds is 2. The van der Waals surface area contributed by atoms with Gasteiger partial charge in [0.1, 0.15) is 5.75 Å². The van der Waals surface area contributed by atoms with E-state index >= 15 is 0 Å². The van der Waals surface area contributed by atoms with Gasteiger partial charge in [-0.1, -0.05) is 12.1 Å². The summed E-state index contributed by atoms with van der Waals surface area (Å²) in [7, 11) is 0. The van der Waals surface area contributed by atoms with Gasteiger partial charge in [-0.25, -0.2) is 0 Å². The highest BCUT2D eigenvalue weighted by atomic mass is 79.9. The molecule has 0 unspecified atom stereocenters. The topological polar surface area (TPSA) is 9.23 Å². The van der Waals surface area contributed by atoms with Crippen molar-refractivity contribution in [3.8, 4) is 5.75 Å². The van der Waals surface area contributed by atoms with Crippen LogP contribution in [0.1, 0.15) is 0 Å². The maximum atomic E-state index is 12.1. The predicted octanol–water partition coefficient (Wildman–Crippen LogP) is 6.36. The molecular weight excluding hydrogens is 373 g/mol. The van der Waals surface area contributed by atoms with Gasteiger partial charge in [-0.15, -0.1) is 11.3 Å². The summed E-state index contributed by atoms with van der Waals surface area (Å²) in [5, 5.41) is 2.09. The van der Waals surface area contributed by atoms with Crippen LogP contribution < -0.4 is 4.18 Å². The highest BCUT2D eigenvalue weighted by Gasteiger charge is 2.31. The number of thiophene rings is 1. The number of hydrogen-bond donors (Lipinski definition) is 0. The van der Waals surface area contributed by atoms with Gasteiger partial charge in [-0.2, -0.15) is 13.2 Å². The van der Waals surface area contributed by atoms with Gasteiger partial charge in [0.05, 0.1) is 0 Å². The average Bonchev–Trinajstić information content (AvgIpc) is 2.75. The fraction of sp³-hybridized carbons (Fsp3) is 0.0769. The average molecular weight is 379 g/mol. The van der Waals surface area contributed by atoms with Gasteiger partial charge < -0.3 is 4.18 Å². The summed E-state index contributed by atoms with van der Waals surface area (Å²) in [6.45, 7) is 0. The first kappa shape index (κ1) is 14.0. The van der Waals surface area contributed by atoms with Crippen molar-refractivity contribution in [2.75, 3.05) is 0 Å². The molecule has 0 amide bonds. The normalized spacial score (nSPS) is 12.2. The minimum atomic E-state index is -4.40. The molecule has 0 aliphatic heterocycles. The van der Waals surface area contributed by atoms with Gasteiger partial charge in [0.15, 0.2) is 12.0 Å². The van der Waals surface area contributed by atoms with Crippen molar-refractivity contribution in [3.63, 3.8) is 0 Å². The van der Waals surface area contributed by atoms with E-state index < -0.39 is 17.6 Å². The molecule has 7 heteroatoms. The van der Waals surface area contributed by atoms with Crippen molar-refractivity contribution >= 4 is 59.5 Å². The fourth-order valence-electron chi connectivity index (χ4n) is 1.89. The smallest absolute Gasteiger partial charge is 0.417 e. The van der Waals surface area contributed by atoms with Crippen molar-refractivity contribution in [3.05, 3.63) is 40.9 Å². The van der Waals surface area contributed by atoms with E-state index in [1.165, 1.54) is 11.3 Å². The molecule has 3 aromatic rings. The summed E-state index contributed by atoms with van der Waals surface area (Å²) in [5.74, 6) is 0.197. The largest absolute Gasteiger partial charge is 0.479 e. The van der Waals surface area contributed by atoms with Crippen LogP contribution in [0.4, 0.5) is 13.2 Å². The van der Waals surface area contributed by atoms with Crippen molar-refractivity contribution in [1.82, 2.24) is 0 Å². The molecule has 0 aliphatic rings. The molecule has 0 atom stereocenters. The fourth-order valence-corrected chi connectivity index (χ4v) is 3.93. The van der Waals surface area contributed by atoms with Crippen LogP contribution >= 0.6 is 39.3 Å². The van der Waals surface area contributed by atoms with Crippen LogP contribution in [0.25, 0.3) is 20.2 Å². The van der Waals surface area contributed by atoms with Crippen LogP contribution in [-0.2, 0) is 0 Å². The van der Waals surface area contributed by atoms with Crippen LogP contribution in [0, 0.1) is 0 Å². The Kier molecular flexibility index (Phi) is 3.60. The van der Waals surface area contributed by atoms with Crippen molar-refractivity contribution in [2.24, 2.45) is 0 Å². The Morgan fingerprint density at radius 2 is 1.90 bits per heavy atom. The molecule has 0 bridgehead atoms. The standard InChI is InChI=1S/C13H6BrF3OS2/c14-10-3-1-2-9-8-5-4-7(18-20-13(15,16)17)6-11(8)19-12(9)10/h1-6H. The third-order valence-electron chi connectivity index (χ3n) is 2.65. The third kappa shape index (κ3) is 2.75. The molecule has 20 heavy (non-hydrogen) atoms. The molecule has 1 heterocycles. The minimum absolute atomic E-state index is 0.197. The molecule has 0 saturated heterocycles. The van der Waals surface area contributed by atoms with Crippen LogP contribution in [0.3, 0.4) is 0 Å². The Morgan fingerprint density at radius 3 is 2.65 bits per heavy atom. The Bertz CT molecular complexity index is 782. The van der Waals surface area contributed by atoms with E-state index in [4.69, 9.17) is 4.18 Å². The van der Waals surface area contributed by atoms with Gasteiger partial charge in [-0.3, -0.25) is 0 Å². The zero-order chi connectivity index (χ0) is 14.3. The number of hydrogen-bond acceptors (Lipinski definition) is 3. The second kappa shape index (κ2) is 5.13. The zero-order valence-corrected chi connectivity index (χ0v) is 12.9. The van der Waals surface area contributed by atoms with E-state index in [-0.39, 0.29) is 5.75 Å². The third-order valence-corrected chi connectivity index (χ3v) is 5.24. The Labute approximate surface area is 129 Å². The molecular formula is C13H6BrF3OS2. The second-order valence-corrected chi connectivity index (χ2v) is 6.69. The molecule has 2 aromatic carbocycles. The first-order chi connectivity index (χ1) is 9.44. The molecule has 3 rings (SSSR count). The van der Waals surface area contributed by atoms with E-state index in [0.29, 0.717) is 0 Å². The highest BCUT2D eigenvalue weighted by molar-refractivity contribution is 9.10. The van der Waals surface area contributed by atoms with Crippen LogP contribution in [0.15, 0.2) is 40.9 Å². The molecule has 0 aliphatic carbocycles. The van der Waals surface area contributed by atoms with Crippen molar-refractivity contribution in [2.45, 2.75) is 5.51 Å². The maximum Gasteiger partial charge on any atom is 0.479 e. The second-order valence-electron chi connectivity index (χ2n) is 3.99. The van der Waals surface area contributed by atoms with Crippen molar-refractivity contribution in [1.29, 1.82) is 0 Å². The number of fused-ring (bicyclic) bond motifs is 3. The molecule has 0 saturated carbocycles. The number of alkyl halides is 3. The summed E-state index contributed by atoms with van der Waals surface area (Å²) >= 11 is 4.50. The van der Waals surface area contributed by atoms with Gasteiger partial charge >= 0.3 is 5.51 Å². The van der Waals surface area contributed by atoms with Crippen molar-refractivity contribution < 1.29 is 17.4 Å². The molecule has 0 radical (unpaired) electrons. The lowest BCUT2D eigenvalue weighted by Gasteiger charge is -2.06. The number of halogens is 4. The lowest BCUT2D eigenvalue weighted by Crippen LogP contribution is -2.02. The first-order valence-electron chi connectivity index (χ1n) is 5.47. The molecule has 1 aromatic heterocycles. The lowest BCUT2D eigenvalue weighted by molar-refractivity contribution is -0.0369. The minimum Gasteiger partial charge on any atom is -0.417 e. The summed E-state index contributed by atoms with van der Waals surface area (Å²) in [5.41, 5.74) is -4.40. The number of benzene rings is 2. The Morgan fingerprint density at radius 1 is 1.10 bits per heavy atom. The van der Waals surface area contributed by atoms with Crippen LogP contribution in [-0.4, -0.2) is 5.51 Å². The van der Waals surface area contributed by atoms with Gasteiger partial charge in [0.25, 0.3) is 0 Å². The summed E-state index contributed by atoms with van der Waals surface area (Å²) in [6, 6.07) is 10.8. The predicted molar refractivity (Wildman–Crippen MR) is 81.3 cm³/mol. The highest BCUT2D eigenvalue weighted by Crippen LogP contribution is 2.40. The van der Waals surface area contributed by atoms with E-state index in [9.17, 15) is 13.2 Å². The van der Waals surface area contributed by atoms with Crippen LogP contribution in [0.5, 0.6) is 5.75 Å². The molecule has 104 valence electrons. The Balaban J connectivity index is 2.03. The molecule has 0 fully saturated rings. The lowest BCUT2D eigenvalue weighted by atomic mass is 10.1. The van der Waals surface area contributed by atoms with Gasteiger partial charge in [0.2, 0.25) is 0 Å². The molecule has 0 spiro atoms.